The third-order valence-electron chi connectivity index (χ3n) is 5.74. The molecule has 3 atom stereocenters. The van der Waals surface area contributed by atoms with E-state index in [0.29, 0.717) is 24.3 Å². The third kappa shape index (κ3) is 5.32. The number of fused-ring (bicyclic) bond motifs is 3. The first kappa shape index (κ1) is 25.9. The molecule has 0 bridgehead atoms. The second kappa shape index (κ2) is 10.8. The van der Waals surface area contributed by atoms with Gasteiger partial charge in [0.1, 0.15) is 29.5 Å². The maximum absolute atomic E-state index is 14.1. The minimum atomic E-state index is -4.07. The Labute approximate surface area is 209 Å². The Bertz CT molecular complexity index is 1300. The van der Waals surface area contributed by atoms with E-state index in [1.807, 2.05) is 13.8 Å². The van der Waals surface area contributed by atoms with Crippen LogP contribution < -0.4 is 9.46 Å². The first-order chi connectivity index (χ1) is 17.2. The first-order valence-corrected chi connectivity index (χ1v) is 13.1. The number of hydrogen-bond donors (Lipinski definition) is 1. The van der Waals surface area contributed by atoms with Gasteiger partial charge in [0.05, 0.1) is 18.2 Å². The number of hydrogen-bond acceptors (Lipinski definition) is 9. The van der Waals surface area contributed by atoms with Crippen molar-refractivity contribution >= 4 is 16.0 Å². The zero-order chi connectivity index (χ0) is 25.9. The lowest BCUT2D eigenvalue weighted by atomic mass is 10.2. The summed E-state index contributed by atoms with van der Waals surface area (Å²) in [5.41, 5.74) is 1.20. The van der Waals surface area contributed by atoms with E-state index in [-0.39, 0.29) is 30.8 Å². The molecule has 36 heavy (non-hydrogen) atoms. The number of nitrogens with zero attached hydrogens (tertiary/aromatic N) is 5. The summed E-state index contributed by atoms with van der Waals surface area (Å²) in [6.45, 7) is 5.94. The number of nitrogens with one attached hydrogen (secondary N) is 1. The number of rotatable bonds is 10. The summed E-state index contributed by atoms with van der Waals surface area (Å²) in [4.78, 5) is 8.57. The van der Waals surface area contributed by atoms with Crippen LogP contribution in [0.15, 0.2) is 30.6 Å². The topological polar surface area (TPSA) is 130 Å². The van der Waals surface area contributed by atoms with Crippen molar-refractivity contribution in [1.29, 1.82) is 0 Å². The van der Waals surface area contributed by atoms with Crippen molar-refractivity contribution in [2.24, 2.45) is 0 Å². The SMILES string of the molecule is CCCO[C@@H](c1ncc(C)cn1)[C@H](C)S(=O)(=O)Nc1nnc2n1[C@H](COC)COc1ccc(F)cc1-2. The zero-order valence-corrected chi connectivity index (χ0v) is 21.3. The van der Waals surface area contributed by atoms with Gasteiger partial charge in [0.25, 0.3) is 0 Å². The molecule has 1 aliphatic rings. The number of aryl methyl sites for hydroxylation is 1. The van der Waals surface area contributed by atoms with Gasteiger partial charge in [0.2, 0.25) is 16.0 Å². The minimum absolute atomic E-state index is 0.0429. The van der Waals surface area contributed by atoms with Crippen LogP contribution >= 0.6 is 0 Å². The normalized spacial score (nSPS) is 16.9. The van der Waals surface area contributed by atoms with E-state index in [1.165, 1.54) is 32.2 Å². The third-order valence-corrected chi connectivity index (χ3v) is 7.43. The number of anilines is 1. The molecule has 0 unspecified atom stereocenters. The molecular weight excluding hydrogens is 491 g/mol. The summed E-state index contributed by atoms with van der Waals surface area (Å²) in [5, 5.41) is 7.18. The van der Waals surface area contributed by atoms with Gasteiger partial charge in [-0.25, -0.2) is 22.8 Å². The van der Waals surface area contributed by atoms with Crippen molar-refractivity contribution in [3.8, 4) is 17.1 Å². The molecule has 4 rings (SSSR count). The molecule has 0 fully saturated rings. The molecule has 3 heterocycles. The fourth-order valence-corrected chi connectivity index (χ4v) is 4.97. The van der Waals surface area contributed by atoms with Crippen LogP contribution in [0, 0.1) is 12.7 Å². The lowest BCUT2D eigenvalue weighted by Crippen LogP contribution is -2.35. The van der Waals surface area contributed by atoms with Crippen molar-refractivity contribution in [3.63, 3.8) is 0 Å². The molecule has 2 aromatic heterocycles. The van der Waals surface area contributed by atoms with Gasteiger partial charge in [-0.3, -0.25) is 9.29 Å². The molecule has 11 nitrogen and oxygen atoms in total. The molecule has 1 N–H and O–H groups in total. The lowest BCUT2D eigenvalue weighted by Gasteiger charge is -2.24. The highest BCUT2D eigenvalue weighted by Crippen LogP contribution is 2.37. The van der Waals surface area contributed by atoms with Crippen molar-refractivity contribution in [1.82, 2.24) is 24.7 Å². The largest absolute Gasteiger partial charge is 0.491 e. The molecule has 0 aliphatic carbocycles. The standard InChI is InChI=1S/C23H29FN6O5S/c1-5-8-34-20(21-25-10-14(2)11-26-21)15(3)36(31,32)29-23-28-27-22-18-9-16(24)6-7-19(18)35-13-17(12-33-4)30(22)23/h6-7,9-11,15,17,20H,5,8,12-13H2,1-4H3,(H,28,29)/t15-,17+,20+/m0/s1. The molecule has 1 aromatic carbocycles. The fourth-order valence-electron chi connectivity index (χ4n) is 3.87. The molecule has 0 spiro atoms. The van der Waals surface area contributed by atoms with Gasteiger partial charge in [-0.05, 0) is 44.0 Å². The second-order valence-corrected chi connectivity index (χ2v) is 10.6. The Morgan fingerprint density at radius 3 is 2.72 bits per heavy atom. The van der Waals surface area contributed by atoms with E-state index in [2.05, 4.69) is 24.9 Å². The van der Waals surface area contributed by atoms with E-state index >= 15 is 0 Å². The van der Waals surface area contributed by atoms with Gasteiger partial charge in [-0.1, -0.05) is 6.92 Å². The summed E-state index contributed by atoms with van der Waals surface area (Å²) >= 11 is 0. The van der Waals surface area contributed by atoms with Crippen LogP contribution in [0.3, 0.4) is 0 Å². The van der Waals surface area contributed by atoms with Crippen LogP contribution in [0.1, 0.15) is 43.8 Å². The van der Waals surface area contributed by atoms with Gasteiger partial charge in [-0.2, -0.15) is 0 Å². The van der Waals surface area contributed by atoms with E-state index in [0.717, 1.165) is 5.56 Å². The highest BCUT2D eigenvalue weighted by atomic mass is 32.2. The first-order valence-electron chi connectivity index (χ1n) is 11.5. The maximum atomic E-state index is 14.1. The molecule has 13 heteroatoms. The molecule has 1 aliphatic heterocycles. The molecule has 0 amide bonds. The summed E-state index contributed by atoms with van der Waals surface area (Å²) in [6, 6.07) is 3.58. The number of sulfonamides is 1. The van der Waals surface area contributed by atoms with Gasteiger partial charge in [0, 0.05) is 26.1 Å². The number of benzene rings is 1. The minimum Gasteiger partial charge on any atom is -0.491 e. The quantitative estimate of drug-likeness (QED) is 0.428. The predicted octanol–water partition coefficient (Wildman–Crippen LogP) is 3.06. The number of ether oxygens (including phenoxy) is 3. The molecule has 0 saturated carbocycles. The molecular formula is C23H29FN6O5S. The number of halogens is 1. The molecule has 0 saturated heterocycles. The van der Waals surface area contributed by atoms with E-state index in [9.17, 15) is 12.8 Å². The van der Waals surface area contributed by atoms with E-state index < -0.39 is 33.2 Å². The Kier molecular flexibility index (Phi) is 7.81. The van der Waals surface area contributed by atoms with Gasteiger partial charge >= 0.3 is 0 Å². The Balaban J connectivity index is 1.70. The number of methoxy groups -OCH3 is 1. The maximum Gasteiger partial charge on any atom is 0.240 e. The fraction of sp³-hybridized carbons (Fsp3) is 0.478. The van der Waals surface area contributed by atoms with Crippen LogP contribution in [0.25, 0.3) is 11.4 Å². The van der Waals surface area contributed by atoms with Crippen molar-refractivity contribution in [2.45, 2.75) is 44.6 Å². The van der Waals surface area contributed by atoms with E-state index in [4.69, 9.17) is 14.2 Å². The van der Waals surface area contributed by atoms with Gasteiger partial charge < -0.3 is 14.2 Å². The van der Waals surface area contributed by atoms with Gasteiger partial charge in [0.15, 0.2) is 11.6 Å². The highest BCUT2D eigenvalue weighted by Gasteiger charge is 2.36. The predicted molar refractivity (Wildman–Crippen MR) is 130 cm³/mol. The highest BCUT2D eigenvalue weighted by molar-refractivity contribution is 7.93. The number of aromatic nitrogens is 5. The Morgan fingerprint density at radius 1 is 1.28 bits per heavy atom. The van der Waals surface area contributed by atoms with Crippen molar-refractivity contribution in [3.05, 3.63) is 47.8 Å². The average molecular weight is 521 g/mol. The second-order valence-electron chi connectivity index (χ2n) is 8.54. The summed E-state index contributed by atoms with van der Waals surface area (Å²) in [6.07, 6.45) is 3.00. The Morgan fingerprint density at radius 2 is 2.03 bits per heavy atom. The monoisotopic (exact) mass is 520 g/mol. The van der Waals surface area contributed by atoms with Gasteiger partial charge in [-0.15, -0.1) is 10.2 Å². The summed E-state index contributed by atoms with van der Waals surface area (Å²) < 4.78 is 62.2. The van der Waals surface area contributed by atoms with Crippen LogP contribution in [-0.2, 0) is 19.5 Å². The molecule has 194 valence electrons. The molecule has 0 radical (unpaired) electrons. The molecule has 3 aromatic rings. The van der Waals surface area contributed by atoms with Crippen LogP contribution in [0.4, 0.5) is 10.3 Å². The summed E-state index contributed by atoms with van der Waals surface area (Å²) in [5.74, 6) is 0.411. The van der Waals surface area contributed by atoms with Crippen molar-refractivity contribution in [2.75, 3.05) is 31.7 Å². The van der Waals surface area contributed by atoms with Crippen LogP contribution in [-0.4, -0.2) is 65.3 Å². The zero-order valence-electron chi connectivity index (χ0n) is 20.5. The Hall–Kier alpha value is -3.16. The summed E-state index contributed by atoms with van der Waals surface area (Å²) in [7, 11) is -2.56. The van der Waals surface area contributed by atoms with E-state index in [1.54, 1.807) is 17.0 Å². The van der Waals surface area contributed by atoms with Crippen molar-refractivity contribution < 1.29 is 27.0 Å². The average Bonchev–Trinajstić information content (AvgIpc) is 3.18. The smallest absolute Gasteiger partial charge is 0.240 e. The lowest BCUT2D eigenvalue weighted by molar-refractivity contribution is 0.0466. The van der Waals surface area contributed by atoms with Crippen LogP contribution in [0.2, 0.25) is 0 Å². The van der Waals surface area contributed by atoms with Crippen LogP contribution in [0.5, 0.6) is 5.75 Å².